The van der Waals surface area contributed by atoms with Crippen LogP contribution in [0.4, 0.5) is 14.8 Å². The number of fused-ring (bicyclic) bond motifs is 1. The number of hydrogen-bond acceptors (Lipinski definition) is 8. The molecule has 3 aromatic heterocycles. The van der Waals surface area contributed by atoms with Gasteiger partial charge in [-0.3, -0.25) is 4.79 Å². The molecule has 194 valence electrons. The molecule has 1 saturated heterocycles. The molecule has 0 aliphatic carbocycles. The van der Waals surface area contributed by atoms with Crippen molar-refractivity contribution in [2.24, 2.45) is 0 Å². The average molecular weight is 512 g/mol. The van der Waals surface area contributed by atoms with Gasteiger partial charge in [0.15, 0.2) is 28.9 Å². The first-order valence-electron chi connectivity index (χ1n) is 12.0. The number of anilines is 1. The first-order chi connectivity index (χ1) is 17.7. The van der Waals surface area contributed by atoms with Crippen LogP contribution in [0.2, 0.25) is 0 Å². The zero-order valence-electron chi connectivity index (χ0n) is 21.0. The number of halogens is 2. The van der Waals surface area contributed by atoms with E-state index in [-0.39, 0.29) is 40.4 Å². The first-order valence-corrected chi connectivity index (χ1v) is 12.0. The zero-order valence-corrected chi connectivity index (χ0v) is 21.0. The number of carbonyl (C=O) groups is 1. The van der Waals surface area contributed by atoms with E-state index in [1.165, 1.54) is 29.6 Å². The Kier molecular flexibility index (Phi) is 6.48. The molecule has 12 heteroatoms. The normalized spacial score (nSPS) is 14.5. The van der Waals surface area contributed by atoms with E-state index in [1.807, 2.05) is 18.7 Å². The summed E-state index contributed by atoms with van der Waals surface area (Å²) in [4.78, 5) is 28.3. The number of benzene rings is 1. The van der Waals surface area contributed by atoms with E-state index in [2.05, 4.69) is 20.1 Å². The van der Waals surface area contributed by atoms with Crippen molar-refractivity contribution >= 4 is 23.0 Å². The van der Waals surface area contributed by atoms with Gasteiger partial charge in [0, 0.05) is 50.9 Å². The highest BCUT2D eigenvalue weighted by molar-refractivity contribution is 5.94. The van der Waals surface area contributed by atoms with Crippen molar-refractivity contribution in [3.05, 3.63) is 53.7 Å². The van der Waals surface area contributed by atoms with E-state index in [4.69, 9.17) is 9.26 Å². The van der Waals surface area contributed by atoms with Gasteiger partial charge >= 0.3 is 6.01 Å². The van der Waals surface area contributed by atoms with Crippen LogP contribution >= 0.6 is 0 Å². The van der Waals surface area contributed by atoms with Gasteiger partial charge in [-0.2, -0.15) is 4.98 Å². The summed E-state index contributed by atoms with van der Waals surface area (Å²) in [6.45, 7) is 5.32. The number of amides is 1. The topological polar surface area (TPSA) is 102 Å². The highest BCUT2D eigenvalue weighted by Gasteiger charge is 2.28. The molecule has 0 atom stereocenters. The van der Waals surface area contributed by atoms with Crippen LogP contribution in [0.3, 0.4) is 0 Å². The van der Waals surface area contributed by atoms with Gasteiger partial charge in [0.05, 0.1) is 0 Å². The van der Waals surface area contributed by atoms with Crippen molar-refractivity contribution in [2.75, 3.05) is 32.1 Å². The Labute approximate surface area is 211 Å². The van der Waals surface area contributed by atoms with Crippen LogP contribution in [0.1, 0.15) is 54.8 Å². The summed E-state index contributed by atoms with van der Waals surface area (Å²) < 4.78 is 42.7. The van der Waals surface area contributed by atoms with Crippen molar-refractivity contribution in [1.82, 2.24) is 29.6 Å². The molecule has 0 N–H and O–H groups in total. The lowest BCUT2D eigenvalue weighted by atomic mass is 10.1. The average Bonchev–Trinajstić information content (AvgIpc) is 3.51. The highest BCUT2D eigenvalue weighted by atomic mass is 19.1. The maximum Gasteiger partial charge on any atom is 0.324 e. The Balaban J connectivity index is 1.36. The summed E-state index contributed by atoms with van der Waals surface area (Å²) in [7, 11) is 3.15. The molecule has 0 spiro atoms. The zero-order chi connectivity index (χ0) is 26.3. The quantitative estimate of drug-likeness (QED) is 0.372. The van der Waals surface area contributed by atoms with Crippen molar-refractivity contribution in [1.29, 1.82) is 0 Å². The monoisotopic (exact) mass is 511 g/mol. The predicted octanol–water partition coefficient (Wildman–Crippen LogP) is 4.55. The Bertz CT molecular complexity index is 1440. The van der Waals surface area contributed by atoms with Crippen LogP contribution in [0, 0.1) is 11.6 Å². The second-order valence-electron chi connectivity index (χ2n) is 9.52. The highest BCUT2D eigenvalue weighted by Crippen LogP contribution is 2.35. The molecule has 1 amide bonds. The van der Waals surface area contributed by atoms with Crippen LogP contribution < -0.4 is 9.64 Å². The van der Waals surface area contributed by atoms with E-state index in [0.717, 1.165) is 6.07 Å². The number of carbonyl (C=O) groups excluding carboxylic acids is 1. The number of piperidine rings is 1. The van der Waals surface area contributed by atoms with Crippen molar-refractivity contribution in [2.45, 2.75) is 38.6 Å². The molecule has 37 heavy (non-hydrogen) atoms. The Morgan fingerprint density at radius 3 is 2.57 bits per heavy atom. The second-order valence-corrected chi connectivity index (χ2v) is 9.52. The summed E-state index contributed by atoms with van der Waals surface area (Å²) in [5, 5.41) is 4.09. The van der Waals surface area contributed by atoms with E-state index in [0.29, 0.717) is 43.4 Å². The lowest BCUT2D eigenvalue weighted by Crippen LogP contribution is -2.34. The van der Waals surface area contributed by atoms with Crippen LogP contribution in [-0.4, -0.2) is 62.7 Å². The summed E-state index contributed by atoms with van der Waals surface area (Å²) in [5.74, 6) is -1.10. The number of hydrogen-bond donors (Lipinski definition) is 0. The molecule has 4 heterocycles. The van der Waals surface area contributed by atoms with E-state index in [1.54, 1.807) is 18.7 Å². The third-order valence-electron chi connectivity index (χ3n) is 6.40. The number of nitrogens with zero attached hydrogens (tertiary/aromatic N) is 7. The predicted molar refractivity (Wildman–Crippen MR) is 131 cm³/mol. The molecule has 1 aliphatic heterocycles. The molecule has 0 radical (unpaired) electrons. The van der Waals surface area contributed by atoms with Crippen LogP contribution in [0.15, 0.2) is 35.2 Å². The molecule has 5 rings (SSSR count). The van der Waals surface area contributed by atoms with Crippen LogP contribution in [0.25, 0.3) is 11.0 Å². The minimum absolute atomic E-state index is 0.0217. The van der Waals surface area contributed by atoms with E-state index >= 15 is 4.39 Å². The minimum Gasteiger partial charge on any atom is -0.435 e. The summed E-state index contributed by atoms with van der Waals surface area (Å²) >= 11 is 0. The van der Waals surface area contributed by atoms with E-state index < -0.39 is 11.6 Å². The van der Waals surface area contributed by atoms with Gasteiger partial charge in [0.1, 0.15) is 11.7 Å². The van der Waals surface area contributed by atoms with Gasteiger partial charge in [0.2, 0.25) is 5.88 Å². The summed E-state index contributed by atoms with van der Waals surface area (Å²) in [6, 6.07) is 4.32. The third kappa shape index (κ3) is 4.70. The van der Waals surface area contributed by atoms with Crippen LogP contribution in [0.5, 0.6) is 11.6 Å². The van der Waals surface area contributed by atoms with Crippen molar-refractivity contribution in [3.8, 4) is 11.6 Å². The number of ether oxygens (including phenoxy) is 1. The Morgan fingerprint density at radius 2 is 1.92 bits per heavy atom. The maximum absolute atomic E-state index is 15.1. The smallest absolute Gasteiger partial charge is 0.324 e. The SMILES string of the molecule is CC(C)c1noc(N2CCC(n3cc(F)c4c(Oc5ccc(C(=O)N(C)C)cc5F)ncnc43)CC2)n1. The molecule has 10 nitrogen and oxygen atoms in total. The summed E-state index contributed by atoms with van der Waals surface area (Å²) in [6.07, 6.45) is 4.05. The molecule has 0 bridgehead atoms. The number of rotatable bonds is 6. The second kappa shape index (κ2) is 9.75. The van der Waals surface area contributed by atoms with Gasteiger partial charge in [-0.15, -0.1) is 0 Å². The van der Waals surface area contributed by atoms with Gasteiger partial charge in [0.25, 0.3) is 5.91 Å². The fraction of sp³-hybridized carbons (Fsp3) is 0.400. The Hall–Kier alpha value is -4.09. The van der Waals surface area contributed by atoms with E-state index in [9.17, 15) is 9.18 Å². The molecule has 1 fully saturated rings. The molecule has 0 unspecified atom stereocenters. The van der Waals surface area contributed by atoms with Gasteiger partial charge in [-0.1, -0.05) is 19.0 Å². The molecule has 1 aromatic carbocycles. The molecular formula is C25H27F2N7O3. The molecule has 0 saturated carbocycles. The van der Waals surface area contributed by atoms with Crippen molar-refractivity contribution in [3.63, 3.8) is 0 Å². The standard InChI is InChI=1S/C25H27F2N7O3/c1-14(2)21-30-25(37-31-21)33-9-7-16(8-10-33)34-12-18(27)20-22(34)28-13-29-23(20)36-19-6-5-15(11-17(19)26)24(35)32(3)4/h5-6,11-14,16H,7-10H2,1-4H3. The van der Waals surface area contributed by atoms with Gasteiger partial charge < -0.3 is 23.6 Å². The first kappa shape index (κ1) is 24.6. The van der Waals surface area contributed by atoms with Gasteiger partial charge in [-0.05, 0) is 31.0 Å². The van der Waals surface area contributed by atoms with Gasteiger partial charge in [-0.25, -0.2) is 18.7 Å². The Morgan fingerprint density at radius 1 is 1.16 bits per heavy atom. The molecule has 1 aliphatic rings. The van der Waals surface area contributed by atoms with Crippen LogP contribution in [-0.2, 0) is 0 Å². The minimum atomic E-state index is -0.756. The lowest BCUT2D eigenvalue weighted by Gasteiger charge is -2.31. The third-order valence-corrected chi connectivity index (χ3v) is 6.40. The number of aromatic nitrogens is 5. The maximum atomic E-state index is 15.1. The molecule has 4 aromatic rings. The van der Waals surface area contributed by atoms with Crippen molar-refractivity contribution < 1.29 is 22.8 Å². The largest absolute Gasteiger partial charge is 0.435 e. The summed E-state index contributed by atoms with van der Waals surface area (Å²) in [5.41, 5.74) is 0.535. The molecular weight excluding hydrogens is 484 g/mol. The lowest BCUT2D eigenvalue weighted by molar-refractivity contribution is 0.0827. The fourth-order valence-corrected chi connectivity index (χ4v) is 4.37. The fourth-order valence-electron chi connectivity index (χ4n) is 4.37.